The Bertz CT molecular complexity index is 1310. The number of nitrogens with zero attached hydrogens (tertiary/aromatic N) is 5. The minimum atomic E-state index is -0.506. The molecule has 0 unspecified atom stereocenters. The summed E-state index contributed by atoms with van der Waals surface area (Å²) >= 11 is 6.80. The number of rotatable bonds is 7. The maximum atomic E-state index is 13.1. The van der Waals surface area contributed by atoms with E-state index in [1.165, 1.54) is 24.3 Å². The summed E-state index contributed by atoms with van der Waals surface area (Å²) in [5, 5.41) is 23.6. The second-order valence-electron chi connectivity index (χ2n) is 6.38. The van der Waals surface area contributed by atoms with Crippen molar-refractivity contribution in [3.05, 3.63) is 93.8 Å². The lowest BCUT2D eigenvalue weighted by Crippen LogP contribution is -2.13. The number of hydrogen-bond acceptors (Lipinski definition) is 10. The minimum Gasteiger partial charge on any atom is -0.411 e. The lowest BCUT2D eigenvalue weighted by atomic mass is 10.1. The van der Waals surface area contributed by atoms with Crippen molar-refractivity contribution in [2.75, 3.05) is 5.43 Å². The van der Waals surface area contributed by atoms with E-state index in [1.807, 2.05) is 0 Å². The van der Waals surface area contributed by atoms with Gasteiger partial charge in [-0.3, -0.25) is 25.3 Å². The Morgan fingerprint density at radius 3 is 2.39 bits per heavy atom. The number of aromatic nitrogens is 3. The first-order valence-electron chi connectivity index (χ1n) is 9.30. The molecule has 2 heterocycles. The van der Waals surface area contributed by atoms with E-state index in [1.54, 1.807) is 48.8 Å². The molecule has 0 aliphatic rings. The first-order valence-corrected chi connectivity index (χ1v) is 10.5. The molecule has 0 amide bonds. The summed E-state index contributed by atoms with van der Waals surface area (Å²) in [7, 11) is 0. The summed E-state index contributed by atoms with van der Waals surface area (Å²) in [6, 6.07) is 15.4. The second kappa shape index (κ2) is 10.0. The Morgan fingerprint density at radius 2 is 1.73 bits per heavy atom. The average Bonchev–Trinajstić information content (AvgIpc) is 3.31. The summed E-state index contributed by atoms with van der Waals surface area (Å²) in [4.78, 5) is 27.3. The topological polar surface area (TPSA) is 136 Å². The SMILES string of the molecule is O=C(/C(=N/Nc1ccc([N+](=O)[O-])cc1)Sc1nnc(-c2ccncc2)o1)c1ccc(Cl)cc1. The van der Waals surface area contributed by atoms with Gasteiger partial charge in [0, 0.05) is 40.7 Å². The molecule has 1 N–H and O–H groups in total. The summed E-state index contributed by atoms with van der Waals surface area (Å²) in [6.45, 7) is 0. The molecule has 0 spiro atoms. The van der Waals surface area contributed by atoms with E-state index < -0.39 is 10.7 Å². The third-order valence-electron chi connectivity index (χ3n) is 4.18. The molecule has 0 bridgehead atoms. The zero-order chi connectivity index (χ0) is 23.2. The van der Waals surface area contributed by atoms with Crippen LogP contribution in [0.5, 0.6) is 0 Å². The van der Waals surface area contributed by atoms with E-state index in [-0.39, 0.29) is 21.8 Å². The molecule has 0 aliphatic carbocycles. The van der Waals surface area contributed by atoms with Gasteiger partial charge < -0.3 is 4.42 Å². The van der Waals surface area contributed by atoms with Gasteiger partial charge in [0.15, 0.2) is 5.04 Å². The lowest BCUT2D eigenvalue weighted by molar-refractivity contribution is -0.384. The van der Waals surface area contributed by atoms with E-state index >= 15 is 0 Å². The number of anilines is 1. The van der Waals surface area contributed by atoms with Crippen LogP contribution in [0.25, 0.3) is 11.5 Å². The maximum absolute atomic E-state index is 13.1. The molecule has 0 aliphatic heterocycles. The molecular weight excluding hydrogens is 468 g/mol. The zero-order valence-electron chi connectivity index (χ0n) is 16.6. The number of pyridine rings is 1. The Balaban J connectivity index is 1.60. The van der Waals surface area contributed by atoms with Crippen molar-refractivity contribution in [2.24, 2.45) is 5.10 Å². The normalized spacial score (nSPS) is 11.2. The molecular formula is C21H13ClN6O4S. The van der Waals surface area contributed by atoms with Gasteiger partial charge in [0.2, 0.25) is 11.7 Å². The summed E-state index contributed by atoms with van der Waals surface area (Å²) in [6.07, 6.45) is 3.19. The van der Waals surface area contributed by atoms with Gasteiger partial charge >= 0.3 is 0 Å². The third kappa shape index (κ3) is 5.59. The molecule has 33 heavy (non-hydrogen) atoms. The molecule has 0 saturated carbocycles. The highest BCUT2D eigenvalue weighted by Crippen LogP contribution is 2.26. The van der Waals surface area contributed by atoms with Gasteiger partial charge in [-0.15, -0.1) is 10.2 Å². The molecule has 2 aromatic heterocycles. The summed E-state index contributed by atoms with van der Waals surface area (Å²) in [5.41, 5.74) is 4.15. The number of hydrogen-bond donors (Lipinski definition) is 1. The van der Waals surface area contributed by atoms with Crippen LogP contribution in [0.1, 0.15) is 10.4 Å². The van der Waals surface area contributed by atoms with E-state index in [0.29, 0.717) is 21.8 Å². The Kier molecular flexibility index (Phi) is 6.72. The molecule has 4 aromatic rings. The number of nitro benzene ring substituents is 1. The van der Waals surface area contributed by atoms with Gasteiger partial charge in [-0.2, -0.15) is 5.10 Å². The van der Waals surface area contributed by atoms with E-state index in [9.17, 15) is 14.9 Å². The molecule has 164 valence electrons. The molecule has 0 atom stereocenters. The standard InChI is InChI=1S/C21H13ClN6O4S/c22-15-3-1-13(2-4-15)18(29)20(26-24-16-5-7-17(8-6-16)28(30)31)33-21-27-25-19(32-21)14-9-11-23-12-10-14/h1-12,24H/b26-20-. The van der Waals surface area contributed by atoms with E-state index in [2.05, 4.69) is 25.7 Å². The molecule has 4 rings (SSSR count). The van der Waals surface area contributed by atoms with Crippen LogP contribution in [-0.4, -0.2) is 30.9 Å². The first kappa shape index (κ1) is 22.1. The highest BCUT2D eigenvalue weighted by Gasteiger charge is 2.20. The number of carbonyl (C=O) groups excluding carboxylic acids is 1. The van der Waals surface area contributed by atoms with Crippen LogP contribution < -0.4 is 5.43 Å². The maximum Gasteiger partial charge on any atom is 0.283 e. The van der Waals surface area contributed by atoms with Crippen LogP contribution in [0, 0.1) is 10.1 Å². The number of halogens is 1. The fraction of sp³-hybridized carbons (Fsp3) is 0. The highest BCUT2D eigenvalue weighted by atomic mass is 35.5. The number of carbonyl (C=O) groups is 1. The molecule has 0 fully saturated rings. The third-order valence-corrected chi connectivity index (χ3v) is 5.24. The lowest BCUT2D eigenvalue weighted by Gasteiger charge is -2.05. The second-order valence-corrected chi connectivity index (χ2v) is 7.76. The first-order chi connectivity index (χ1) is 16.0. The zero-order valence-corrected chi connectivity index (χ0v) is 18.2. The summed E-state index contributed by atoms with van der Waals surface area (Å²) < 4.78 is 5.66. The molecule has 12 heteroatoms. The number of benzene rings is 2. The van der Waals surface area contributed by atoms with Crippen molar-refractivity contribution in [1.29, 1.82) is 0 Å². The Morgan fingerprint density at radius 1 is 1.03 bits per heavy atom. The fourth-order valence-electron chi connectivity index (χ4n) is 2.56. The van der Waals surface area contributed by atoms with Gasteiger partial charge in [0.05, 0.1) is 10.6 Å². The van der Waals surface area contributed by atoms with Gasteiger partial charge in [-0.1, -0.05) is 11.6 Å². The van der Waals surface area contributed by atoms with Crippen LogP contribution in [0.3, 0.4) is 0 Å². The Hall–Kier alpha value is -4.09. The van der Waals surface area contributed by atoms with Crippen LogP contribution in [0.2, 0.25) is 5.02 Å². The molecule has 10 nitrogen and oxygen atoms in total. The smallest absolute Gasteiger partial charge is 0.283 e. The van der Waals surface area contributed by atoms with Crippen molar-refractivity contribution in [3.63, 3.8) is 0 Å². The van der Waals surface area contributed by atoms with E-state index in [0.717, 1.165) is 11.8 Å². The van der Waals surface area contributed by atoms with Crippen LogP contribution >= 0.6 is 23.4 Å². The number of ketones is 1. The van der Waals surface area contributed by atoms with Crippen molar-refractivity contribution < 1.29 is 14.1 Å². The highest BCUT2D eigenvalue weighted by molar-refractivity contribution is 8.15. The quantitative estimate of drug-likeness (QED) is 0.0956. The molecule has 0 saturated heterocycles. The summed E-state index contributed by atoms with van der Waals surface area (Å²) in [5.74, 6) is -0.142. The molecule has 2 aromatic carbocycles. The largest absolute Gasteiger partial charge is 0.411 e. The number of non-ortho nitro benzene ring substituents is 1. The van der Waals surface area contributed by atoms with Crippen LogP contribution in [0.15, 0.2) is 87.8 Å². The average molecular weight is 481 g/mol. The number of hydrazone groups is 1. The number of Topliss-reactive ketones (excluding diaryl/α,β-unsaturated/α-hetero) is 1. The van der Waals surface area contributed by atoms with Crippen molar-refractivity contribution in [3.8, 4) is 11.5 Å². The minimum absolute atomic E-state index is 0.0144. The van der Waals surface area contributed by atoms with Gasteiger partial charge in [0.1, 0.15) is 0 Å². The fourth-order valence-corrected chi connectivity index (χ4v) is 3.36. The molecule has 0 radical (unpaired) electrons. The number of nitro groups is 1. The Labute approximate surface area is 195 Å². The van der Waals surface area contributed by atoms with Crippen molar-refractivity contribution in [1.82, 2.24) is 15.2 Å². The monoisotopic (exact) mass is 480 g/mol. The van der Waals surface area contributed by atoms with Crippen LogP contribution in [-0.2, 0) is 0 Å². The predicted molar refractivity (Wildman–Crippen MR) is 123 cm³/mol. The number of nitrogens with one attached hydrogen (secondary N) is 1. The predicted octanol–water partition coefficient (Wildman–Crippen LogP) is 5.09. The van der Waals surface area contributed by atoms with Gasteiger partial charge in [-0.25, -0.2) is 0 Å². The number of thioether (sulfide) groups is 1. The van der Waals surface area contributed by atoms with E-state index in [4.69, 9.17) is 16.0 Å². The van der Waals surface area contributed by atoms with Crippen molar-refractivity contribution >= 4 is 45.6 Å². The van der Waals surface area contributed by atoms with Gasteiger partial charge in [0.25, 0.3) is 10.9 Å². The van der Waals surface area contributed by atoms with Gasteiger partial charge in [-0.05, 0) is 60.3 Å². The van der Waals surface area contributed by atoms with Crippen molar-refractivity contribution in [2.45, 2.75) is 5.22 Å². The van der Waals surface area contributed by atoms with Crippen LogP contribution in [0.4, 0.5) is 11.4 Å².